The van der Waals surface area contributed by atoms with Crippen molar-refractivity contribution in [2.45, 2.75) is 30.3 Å². The lowest BCUT2D eigenvalue weighted by atomic mass is 10.1. The summed E-state index contributed by atoms with van der Waals surface area (Å²) in [7, 11) is 0. The largest absolute Gasteiger partial charge is 0.313 e. The van der Waals surface area contributed by atoms with Gasteiger partial charge in [-0.3, -0.25) is 0 Å². The maximum absolute atomic E-state index is 4.41. The van der Waals surface area contributed by atoms with Gasteiger partial charge in [-0.15, -0.1) is 0 Å². The SMILES string of the molecule is CCNCc1cc(C)ccc1Sc1ncccc1Br. The maximum Gasteiger partial charge on any atom is 0.115 e. The van der Waals surface area contributed by atoms with Gasteiger partial charge < -0.3 is 5.32 Å². The number of hydrogen-bond donors (Lipinski definition) is 1. The molecule has 1 N–H and O–H groups in total. The van der Waals surface area contributed by atoms with Crippen LogP contribution in [0.4, 0.5) is 0 Å². The van der Waals surface area contributed by atoms with E-state index in [1.807, 2.05) is 18.3 Å². The Morgan fingerprint density at radius 1 is 1.32 bits per heavy atom. The predicted molar refractivity (Wildman–Crippen MR) is 84.6 cm³/mol. The number of nitrogens with one attached hydrogen (secondary N) is 1. The summed E-state index contributed by atoms with van der Waals surface area (Å²) in [6.07, 6.45) is 1.82. The number of halogens is 1. The van der Waals surface area contributed by atoms with Gasteiger partial charge in [0.1, 0.15) is 5.03 Å². The van der Waals surface area contributed by atoms with Gasteiger partial charge in [0.15, 0.2) is 0 Å². The van der Waals surface area contributed by atoms with Crippen LogP contribution in [0.2, 0.25) is 0 Å². The molecular formula is C15H17BrN2S. The molecule has 0 unspecified atom stereocenters. The molecule has 0 aliphatic carbocycles. The molecular weight excluding hydrogens is 320 g/mol. The second-order valence-corrected chi connectivity index (χ2v) is 6.17. The second-order valence-electron chi connectivity index (χ2n) is 4.28. The van der Waals surface area contributed by atoms with E-state index in [4.69, 9.17) is 0 Å². The van der Waals surface area contributed by atoms with Crippen LogP contribution in [0.5, 0.6) is 0 Å². The molecule has 1 aromatic carbocycles. The maximum atomic E-state index is 4.41. The summed E-state index contributed by atoms with van der Waals surface area (Å²) in [5, 5.41) is 4.39. The van der Waals surface area contributed by atoms with Crippen LogP contribution < -0.4 is 5.32 Å². The number of hydrogen-bond acceptors (Lipinski definition) is 3. The topological polar surface area (TPSA) is 24.9 Å². The number of aryl methyl sites for hydroxylation is 1. The van der Waals surface area contributed by atoms with Crippen molar-refractivity contribution in [1.82, 2.24) is 10.3 Å². The molecule has 2 aromatic rings. The molecule has 2 nitrogen and oxygen atoms in total. The fourth-order valence-electron chi connectivity index (χ4n) is 1.76. The van der Waals surface area contributed by atoms with E-state index in [2.05, 4.69) is 58.3 Å². The third-order valence-corrected chi connectivity index (χ3v) is 4.75. The highest BCUT2D eigenvalue weighted by molar-refractivity contribution is 9.10. The van der Waals surface area contributed by atoms with E-state index < -0.39 is 0 Å². The highest BCUT2D eigenvalue weighted by atomic mass is 79.9. The van der Waals surface area contributed by atoms with Gasteiger partial charge in [-0.25, -0.2) is 4.98 Å². The summed E-state index contributed by atoms with van der Waals surface area (Å²) in [5.41, 5.74) is 2.61. The third kappa shape index (κ3) is 4.06. The number of aromatic nitrogens is 1. The van der Waals surface area contributed by atoms with Crippen molar-refractivity contribution in [3.8, 4) is 0 Å². The Kier molecular flexibility index (Phi) is 5.43. The minimum atomic E-state index is 0.894. The lowest BCUT2D eigenvalue weighted by Crippen LogP contribution is -2.12. The fourth-order valence-corrected chi connectivity index (χ4v) is 3.14. The first-order chi connectivity index (χ1) is 9.20. The number of benzene rings is 1. The average Bonchev–Trinajstić information content (AvgIpc) is 2.41. The molecule has 4 heteroatoms. The van der Waals surface area contributed by atoms with E-state index in [-0.39, 0.29) is 0 Å². The summed E-state index contributed by atoms with van der Waals surface area (Å²) in [6, 6.07) is 10.5. The van der Waals surface area contributed by atoms with Crippen LogP contribution in [0.15, 0.2) is 50.9 Å². The Morgan fingerprint density at radius 2 is 2.16 bits per heavy atom. The summed E-state index contributed by atoms with van der Waals surface area (Å²) in [6.45, 7) is 6.12. The zero-order valence-electron chi connectivity index (χ0n) is 11.1. The quantitative estimate of drug-likeness (QED) is 0.875. The molecule has 0 aliphatic heterocycles. The molecule has 0 atom stereocenters. The molecule has 19 heavy (non-hydrogen) atoms. The molecule has 0 saturated heterocycles. The van der Waals surface area contributed by atoms with Gasteiger partial charge in [-0.1, -0.05) is 36.4 Å². The van der Waals surface area contributed by atoms with E-state index in [0.29, 0.717) is 0 Å². The smallest absolute Gasteiger partial charge is 0.115 e. The van der Waals surface area contributed by atoms with E-state index in [0.717, 1.165) is 22.6 Å². The Balaban J connectivity index is 2.26. The van der Waals surface area contributed by atoms with Crippen LogP contribution in [0, 0.1) is 6.92 Å². The van der Waals surface area contributed by atoms with Crippen LogP contribution in [-0.2, 0) is 6.54 Å². The Morgan fingerprint density at radius 3 is 2.89 bits per heavy atom. The van der Waals surface area contributed by atoms with Crippen molar-refractivity contribution >= 4 is 27.7 Å². The Hall–Kier alpha value is -0.840. The van der Waals surface area contributed by atoms with Crippen LogP contribution in [0.1, 0.15) is 18.1 Å². The number of rotatable bonds is 5. The number of pyridine rings is 1. The zero-order valence-corrected chi connectivity index (χ0v) is 13.5. The predicted octanol–water partition coefficient (Wildman–Crippen LogP) is 4.41. The molecule has 1 heterocycles. The highest BCUT2D eigenvalue weighted by Crippen LogP contribution is 2.33. The first-order valence-corrected chi connectivity index (χ1v) is 7.90. The fraction of sp³-hybridized carbons (Fsp3) is 0.267. The molecule has 100 valence electrons. The van der Waals surface area contributed by atoms with E-state index in [1.54, 1.807) is 11.8 Å². The second kappa shape index (κ2) is 7.08. The Bertz CT molecular complexity index is 558. The lowest BCUT2D eigenvalue weighted by molar-refractivity contribution is 0.717. The van der Waals surface area contributed by atoms with Gasteiger partial charge in [-0.05, 0) is 53.2 Å². The summed E-state index contributed by atoms with van der Waals surface area (Å²) >= 11 is 5.25. The van der Waals surface area contributed by atoms with Crippen molar-refractivity contribution in [2.24, 2.45) is 0 Å². The van der Waals surface area contributed by atoms with Gasteiger partial charge >= 0.3 is 0 Å². The molecule has 0 fully saturated rings. The normalized spacial score (nSPS) is 10.7. The summed E-state index contributed by atoms with van der Waals surface area (Å²) in [5.74, 6) is 0. The van der Waals surface area contributed by atoms with Crippen LogP contribution in [0.3, 0.4) is 0 Å². The first kappa shape index (κ1) is 14.6. The van der Waals surface area contributed by atoms with Gasteiger partial charge in [0.25, 0.3) is 0 Å². The van der Waals surface area contributed by atoms with Gasteiger partial charge in [-0.2, -0.15) is 0 Å². The molecule has 2 rings (SSSR count). The van der Waals surface area contributed by atoms with Gasteiger partial charge in [0, 0.05) is 17.6 Å². The van der Waals surface area contributed by atoms with Crippen molar-refractivity contribution in [2.75, 3.05) is 6.54 Å². The van der Waals surface area contributed by atoms with Crippen LogP contribution in [0.25, 0.3) is 0 Å². The van der Waals surface area contributed by atoms with Crippen molar-refractivity contribution < 1.29 is 0 Å². The highest BCUT2D eigenvalue weighted by Gasteiger charge is 2.08. The van der Waals surface area contributed by atoms with E-state index in [9.17, 15) is 0 Å². The van der Waals surface area contributed by atoms with E-state index in [1.165, 1.54) is 16.0 Å². The van der Waals surface area contributed by atoms with E-state index >= 15 is 0 Å². The first-order valence-electron chi connectivity index (χ1n) is 6.29. The molecule has 0 saturated carbocycles. The van der Waals surface area contributed by atoms with Gasteiger partial charge in [0.05, 0.1) is 4.47 Å². The monoisotopic (exact) mass is 336 g/mol. The zero-order chi connectivity index (χ0) is 13.7. The molecule has 0 bridgehead atoms. The number of nitrogens with zero attached hydrogens (tertiary/aromatic N) is 1. The molecule has 0 radical (unpaired) electrons. The third-order valence-electron chi connectivity index (χ3n) is 2.71. The standard InChI is InChI=1S/C15H17BrN2S/c1-3-17-10-12-9-11(2)6-7-14(12)19-15-13(16)5-4-8-18-15/h4-9,17H,3,10H2,1-2H3. The van der Waals surface area contributed by atoms with Gasteiger partial charge in [0.2, 0.25) is 0 Å². The molecule has 0 spiro atoms. The average molecular weight is 337 g/mol. The molecule has 1 aromatic heterocycles. The van der Waals surface area contributed by atoms with Crippen LogP contribution in [-0.4, -0.2) is 11.5 Å². The van der Waals surface area contributed by atoms with Crippen molar-refractivity contribution in [1.29, 1.82) is 0 Å². The lowest BCUT2D eigenvalue weighted by Gasteiger charge is -2.11. The molecule has 0 amide bonds. The van der Waals surface area contributed by atoms with Crippen molar-refractivity contribution in [3.63, 3.8) is 0 Å². The Labute approximate surface area is 127 Å². The molecule has 0 aliphatic rings. The minimum Gasteiger partial charge on any atom is -0.313 e. The van der Waals surface area contributed by atoms with Crippen molar-refractivity contribution in [3.05, 3.63) is 52.1 Å². The summed E-state index contributed by atoms with van der Waals surface area (Å²) < 4.78 is 1.04. The van der Waals surface area contributed by atoms with Crippen LogP contribution >= 0.6 is 27.7 Å². The summed E-state index contributed by atoms with van der Waals surface area (Å²) in [4.78, 5) is 5.67. The minimum absolute atomic E-state index is 0.894.